The van der Waals surface area contributed by atoms with Crippen LogP contribution in [0.5, 0.6) is 0 Å². The van der Waals surface area contributed by atoms with Gasteiger partial charge in [-0.3, -0.25) is 0 Å². The molecule has 6 heteroatoms. The van der Waals surface area contributed by atoms with Crippen LogP contribution in [0.2, 0.25) is 0 Å². The first kappa shape index (κ1) is 18.9. The molecule has 0 saturated carbocycles. The Kier molecular flexibility index (Phi) is 5.74. The molecule has 0 atom stereocenters. The summed E-state index contributed by atoms with van der Waals surface area (Å²) >= 11 is 0. The highest BCUT2D eigenvalue weighted by Crippen LogP contribution is 2.29. The second kappa shape index (κ2) is 8.20. The van der Waals surface area contributed by atoms with Gasteiger partial charge < -0.3 is 15.0 Å². The van der Waals surface area contributed by atoms with Crippen molar-refractivity contribution in [2.45, 2.75) is 20.3 Å². The summed E-state index contributed by atoms with van der Waals surface area (Å²) in [5.41, 5.74) is 3.67. The molecule has 1 heterocycles. The zero-order valence-electron chi connectivity index (χ0n) is 15.4. The molecule has 27 heavy (non-hydrogen) atoms. The molecule has 0 fully saturated rings. The number of carbonyl (C=O) groups excluding carboxylic acids is 1. The topological polar surface area (TPSA) is 41.6 Å². The molecule has 2 aromatic rings. The van der Waals surface area contributed by atoms with Crippen LogP contribution >= 0.6 is 0 Å². The number of ether oxygens (including phenoxy) is 1. The van der Waals surface area contributed by atoms with E-state index in [0.717, 1.165) is 17.6 Å². The molecular weight excluding hydrogens is 350 g/mol. The maximum absolute atomic E-state index is 13.8. The molecule has 0 spiro atoms. The van der Waals surface area contributed by atoms with E-state index < -0.39 is 11.6 Å². The van der Waals surface area contributed by atoms with Crippen molar-refractivity contribution in [2.24, 2.45) is 0 Å². The normalized spacial score (nSPS) is 14.3. The molecule has 0 aliphatic carbocycles. The number of halogens is 2. The number of hydrogen-bond acceptors (Lipinski definition) is 3. The summed E-state index contributed by atoms with van der Waals surface area (Å²) in [5, 5.41) is 2.77. The molecule has 2 aromatic carbocycles. The Labute approximate surface area is 157 Å². The van der Waals surface area contributed by atoms with Gasteiger partial charge in [0, 0.05) is 18.8 Å². The van der Waals surface area contributed by atoms with Gasteiger partial charge in [-0.15, -0.1) is 0 Å². The van der Waals surface area contributed by atoms with E-state index in [2.05, 4.69) is 12.2 Å². The van der Waals surface area contributed by atoms with Crippen molar-refractivity contribution in [1.82, 2.24) is 4.90 Å². The zero-order valence-corrected chi connectivity index (χ0v) is 15.4. The van der Waals surface area contributed by atoms with Crippen molar-refractivity contribution in [3.05, 3.63) is 65.2 Å². The number of nitrogens with zero attached hydrogens (tertiary/aromatic N) is 1. The predicted octanol–water partition coefficient (Wildman–Crippen LogP) is 5.34. The van der Waals surface area contributed by atoms with E-state index in [1.54, 1.807) is 24.0 Å². The van der Waals surface area contributed by atoms with Gasteiger partial charge in [-0.1, -0.05) is 23.8 Å². The third kappa shape index (κ3) is 4.27. The minimum Gasteiger partial charge on any atom is -0.450 e. The summed E-state index contributed by atoms with van der Waals surface area (Å²) in [5.74, 6) is -1.29. The molecule has 0 radical (unpaired) electrons. The lowest BCUT2D eigenvalue weighted by Gasteiger charge is -2.29. The number of benzene rings is 2. The fraction of sp³-hybridized carbons (Fsp3) is 0.286. The average Bonchev–Trinajstić information content (AvgIpc) is 2.66. The Balaban J connectivity index is 1.77. The van der Waals surface area contributed by atoms with Crippen LogP contribution in [0.1, 0.15) is 25.8 Å². The van der Waals surface area contributed by atoms with Gasteiger partial charge in [0.2, 0.25) is 0 Å². The molecule has 1 aliphatic rings. The van der Waals surface area contributed by atoms with Crippen molar-refractivity contribution in [3.63, 3.8) is 0 Å². The number of nitrogens with one attached hydrogen (secondary N) is 1. The molecule has 1 aliphatic heterocycles. The van der Waals surface area contributed by atoms with Gasteiger partial charge in [0.15, 0.2) is 0 Å². The Hall–Kier alpha value is -2.89. The largest absolute Gasteiger partial charge is 0.450 e. The Morgan fingerprint density at radius 3 is 2.44 bits per heavy atom. The lowest BCUT2D eigenvalue weighted by atomic mass is 9.95. The number of hydrogen-bond donors (Lipinski definition) is 1. The SMILES string of the molecule is CCOC(=O)N1CCC(C)=C(c2ccc(Nc3c(F)cccc3F)cc2)C1. The molecule has 142 valence electrons. The van der Waals surface area contributed by atoms with Crippen molar-refractivity contribution in [2.75, 3.05) is 25.0 Å². The van der Waals surface area contributed by atoms with Gasteiger partial charge in [-0.25, -0.2) is 13.6 Å². The third-order valence-electron chi connectivity index (χ3n) is 4.61. The second-order valence-electron chi connectivity index (χ2n) is 6.43. The summed E-state index contributed by atoms with van der Waals surface area (Å²) in [4.78, 5) is 13.7. The van der Waals surface area contributed by atoms with Crippen LogP contribution in [0.15, 0.2) is 48.0 Å². The predicted molar refractivity (Wildman–Crippen MR) is 102 cm³/mol. The fourth-order valence-corrected chi connectivity index (χ4v) is 3.08. The molecule has 0 aromatic heterocycles. The van der Waals surface area contributed by atoms with E-state index in [1.807, 2.05) is 12.1 Å². The van der Waals surface area contributed by atoms with Crippen LogP contribution in [0, 0.1) is 11.6 Å². The first-order valence-corrected chi connectivity index (χ1v) is 8.91. The molecule has 1 N–H and O–H groups in total. The van der Waals surface area contributed by atoms with Crippen molar-refractivity contribution in [3.8, 4) is 0 Å². The Morgan fingerprint density at radius 2 is 1.81 bits per heavy atom. The van der Waals surface area contributed by atoms with Gasteiger partial charge in [0.1, 0.15) is 17.3 Å². The highest BCUT2D eigenvalue weighted by Gasteiger charge is 2.22. The molecule has 0 unspecified atom stereocenters. The second-order valence-corrected chi connectivity index (χ2v) is 6.43. The van der Waals surface area contributed by atoms with Crippen molar-refractivity contribution < 1.29 is 18.3 Å². The van der Waals surface area contributed by atoms with Crippen molar-refractivity contribution in [1.29, 1.82) is 0 Å². The van der Waals surface area contributed by atoms with E-state index in [9.17, 15) is 13.6 Å². The molecule has 0 bridgehead atoms. The maximum atomic E-state index is 13.8. The van der Waals surface area contributed by atoms with Gasteiger partial charge in [0.05, 0.1) is 6.61 Å². The number of amides is 1. The Bertz CT molecular complexity index is 843. The van der Waals surface area contributed by atoms with Crippen LogP contribution in [0.25, 0.3) is 5.57 Å². The zero-order chi connectivity index (χ0) is 19.4. The molecule has 0 saturated heterocycles. The summed E-state index contributed by atoms with van der Waals surface area (Å²) in [7, 11) is 0. The first-order chi connectivity index (χ1) is 13.0. The molecule has 1 amide bonds. The van der Waals surface area contributed by atoms with Crippen LogP contribution < -0.4 is 5.32 Å². The highest BCUT2D eigenvalue weighted by molar-refractivity contribution is 5.77. The standard InChI is InChI=1S/C21H22F2N2O2/c1-3-27-21(26)25-12-11-14(2)17(13-25)15-7-9-16(10-8-15)24-20-18(22)5-4-6-19(20)23/h4-10,24H,3,11-13H2,1-2H3. The summed E-state index contributed by atoms with van der Waals surface area (Å²) in [6.45, 7) is 5.31. The van der Waals surface area contributed by atoms with E-state index in [4.69, 9.17) is 4.74 Å². The van der Waals surface area contributed by atoms with E-state index in [0.29, 0.717) is 25.4 Å². The van der Waals surface area contributed by atoms with E-state index in [-0.39, 0.29) is 11.8 Å². The van der Waals surface area contributed by atoms with Crippen LogP contribution in [0.4, 0.5) is 25.0 Å². The fourth-order valence-electron chi connectivity index (χ4n) is 3.08. The maximum Gasteiger partial charge on any atom is 0.410 e. The third-order valence-corrected chi connectivity index (χ3v) is 4.61. The molecular formula is C21H22F2N2O2. The van der Waals surface area contributed by atoms with Crippen LogP contribution in [0.3, 0.4) is 0 Å². The van der Waals surface area contributed by atoms with Crippen LogP contribution in [-0.2, 0) is 4.74 Å². The van der Waals surface area contributed by atoms with Gasteiger partial charge in [0.25, 0.3) is 0 Å². The number of carbonyl (C=O) groups is 1. The van der Waals surface area contributed by atoms with E-state index >= 15 is 0 Å². The summed E-state index contributed by atoms with van der Waals surface area (Å²) < 4.78 is 32.7. The quantitative estimate of drug-likeness (QED) is 0.787. The smallest absolute Gasteiger partial charge is 0.410 e. The minimum atomic E-state index is -0.644. The summed E-state index contributed by atoms with van der Waals surface area (Å²) in [6, 6.07) is 11.0. The summed E-state index contributed by atoms with van der Waals surface area (Å²) in [6.07, 6.45) is 0.477. The minimum absolute atomic E-state index is 0.174. The van der Waals surface area contributed by atoms with Gasteiger partial charge >= 0.3 is 6.09 Å². The Morgan fingerprint density at radius 1 is 1.15 bits per heavy atom. The number of anilines is 2. The van der Waals surface area contributed by atoms with Gasteiger partial charge in [-0.2, -0.15) is 0 Å². The molecule has 3 rings (SSSR count). The highest BCUT2D eigenvalue weighted by atomic mass is 19.1. The van der Waals surface area contributed by atoms with E-state index in [1.165, 1.54) is 23.8 Å². The number of rotatable bonds is 4. The van der Waals surface area contributed by atoms with Crippen molar-refractivity contribution >= 4 is 23.0 Å². The monoisotopic (exact) mass is 372 g/mol. The number of para-hydroxylation sites is 1. The lowest BCUT2D eigenvalue weighted by molar-refractivity contribution is 0.111. The first-order valence-electron chi connectivity index (χ1n) is 8.91. The lowest BCUT2D eigenvalue weighted by Crippen LogP contribution is -2.36. The average molecular weight is 372 g/mol. The van der Waals surface area contributed by atoms with Crippen LogP contribution in [-0.4, -0.2) is 30.7 Å². The van der Waals surface area contributed by atoms with Gasteiger partial charge in [-0.05, 0) is 55.7 Å². The molecule has 4 nitrogen and oxygen atoms in total.